The number of rotatable bonds is 2. The smallest absolute Gasteiger partial charge is 0.393 e. The number of hydrogen-bond donors (Lipinski definition) is 1. The fourth-order valence-corrected chi connectivity index (χ4v) is 2.61. The predicted octanol–water partition coefficient (Wildman–Crippen LogP) is 3.30. The first-order valence-corrected chi connectivity index (χ1v) is 6.49. The molecule has 1 aromatic rings. The Balaban J connectivity index is 2.16. The summed E-state index contributed by atoms with van der Waals surface area (Å²) in [6.07, 6.45) is -3.26. The minimum Gasteiger partial charge on any atom is -0.393 e. The number of piperidine rings is 1. The van der Waals surface area contributed by atoms with E-state index in [9.17, 15) is 18.3 Å². The van der Waals surface area contributed by atoms with Crippen molar-refractivity contribution in [2.45, 2.75) is 32.0 Å². The largest absolute Gasteiger partial charge is 0.418 e. The highest BCUT2D eigenvalue weighted by Gasteiger charge is 2.35. The summed E-state index contributed by atoms with van der Waals surface area (Å²) in [5.41, 5.74) is -0.329. The van der Waals surface area contributed by atoms with Crippen molar-refractivity contribution >= 4 is 5.69 Å². The van der Waals surface area contributed by atoms with Crippen LogP contribution in [0.2, 0.25) is 0 Å². The maximum atomic E-state index is 12.9. The third-order valence-corrected chi connectivity index (χ3v) is 3.77. The van der Waals surface area contributed by atoms with Crippen LogP contribution in [-0.2, 0) is 6.18 Å². The minimum atomic E-state index is -4.32. The molecule has 0 radical (unpaired) electrons. The fraction of sp³-hybridized carbons (Fsp3) is 0.571. The number of nitrogens with zero attached hydrogens (tertiary/aromatic N) is 1. The molecule has 2 rings (SSSR count). The Kier molecular flexibility index (Phi) is 4.04. The molecule has 1 N–H and O–H groups in total. The Morgan fingerprint density at radius 2 is 1.79 bits per heavy atom. The molecule has 1 aliphatic rings. The molecule has 0 aromatic heterocycles. The second-order valence-corrected chi connectivity index (χ2v) is 5.08. The molecule has 0 amide bonds. The molecule has 1 fully saturated rings. The van der Waals surface area contributed by atoms with E-state index in [1.165, 1.54) is 12.1 Å². The molecule has 2 nitrogen and oxygen atoms in total. The van der Waals surface area contributed by atoms with Crippen molar-refractivity contribution < 1.29 is 18.3 Å². The topological polar surface area (TPSA) is 23.5 Å². The van der Waals surface area contributed by atoms with Crippen molar-refractivity contribution in [3.05, 3.63) is 29.8 Å². The maximum absolute atomic E-state index is 12.9. The van der Waals surface area contributed by atoms with Gasteiger partial charge in [0.2, 0.25) is 0 Å². The second-order valence-electron chi connectivity index (χ2n) is 5.08. The molecule has 0 spiro atoms. The predicted molar refractivity (Wildman–Crippen MR) is 68.1 cm³/mol. The summed E-state index contributed by atoms with van der Waals surface area (Å²) in [7, 11) is 0. The SMILES string of the molecule is CC(O)C1CCN(c2ccccc2C(F)(F)F)CC1. The van der Waals surface area contributed by atoms with Gasteiger partial charge in [-0.25, -0.2) is 0 Å². The van der Waals surface area contributed by atoms with Gasteiger partial charge in [-0.3, -0.25) is 0 Å². The van der Waals surface area contributed by atoms with Crippen molar-refractivity contribution in [3.8, 4) is 0 Å². The van der Waals surface area contributed by atoms with E-state index in [0.717, 1.165) is 18.9 Å². The molecule has 0 bridgehead atoms. The van der Waals surface area contributed by atoms with Crippen LogP contribution in [0.4, 0.5) is 18.9 Å². The summed E-state index contributed by atoms with van der Waals surface area (Å²) in [6.45, 7) is 2.86. The lowest BCUT2D eigenvalue weighted by atomic mass is 9.91. The van der Waals surface area contributed by atoms with Gasteiger partial charge in [0, 0.05) is 18.8 Å². The zero-order valence-electron chi connectivity index (χ0n) is 10.8. The third kappa shape index (κ3) is 3.21. The quantitative estimate of drug-likeness (QED) is 0.893. The van der Waals surface area contributed by atoms with Crippen LogP contribution < -0.4 is 4.90 Å². The molecule has 19 heavy (non-hydrogen) atoms. The number of benzene rings is 1. The average Bonchev–Trinajstić information content (AvgIpc) is 2.38. The highest BCUT2D eigenvalue weighted by molar-refractivity contribution is 5.55. The Bertz CT molecular complexity index is 423. The molecule has 1 atom stereocenters. The number of alkyl halides is 3. The van der Waals surface area contributed by atoms with E-state index in [-0.39, 0.29) is 17.7 Å². The van der Waals surface area contributed by atoms with E-state index >= 15 is 0 Å². The fourth-order valence-electron chi connectivity index (χ4n) is 2.61. The molecule has 1 unspecified atom stereocenters. The molecule has 5 heteroatoms. The Morgan fingerprint density at radius 3 is 2.32 bits per heavy atom. The van der Waals surface area contributed by atoms with Crippen LogP contribution in [0.15, 0.2) is 24.3 Å². The van der Waals surface area contributed by atoms with Crippen LogP contribution >= 0.6 is 0 Å². The van der Waals surface area contributed by atoms with E-state index in [0.29, 0.717) is 13.1 Å². The van der Waals surface area contributed by atoms with Crippen molar-refractivity contribution in [3.63, 3.8) is 0 Å². The van der Waals surface area contributed by atoms with Crippen molar-refractivity contribution in [2.75, 3.05) is 18.0 Å². The highest BCUT2D eigenvalue weighted by atomic mass is 19.4. The van der Waals surface area contributed by atoms with E-state index in [1.54, 1.807) is 17.9 Å². The van der Waals surface area contributed by atoms with Crippen molar-refractivity contribution in [1.82, 2.24) is 0 Å². The molecule has 1 aromatic carbocycles. The number of halogens is 3. The first kappa shape index (κ1) is 14.2. The van der Waals surface area contributed by atoms with Gasteiger partial charge in [0.05, 0.1) is 11.7 Å². The van der Waals surface area contributed by atoms with Gasteiger partial charge >= 0.3 is 6.18 Å². The first-order chi connectivity index (χ1) is 8.89. The monoisotopic (exact) mass is 273 g/mol. The standard InChI is InChI=1S/C14H18F3NO/c1-10(19)11-6-8-18(9-7-11)13-5-3-2-4-12(13)14(15,16)17/h2-5,10-11,19H,6-9H2,1H3. The van der Waals surface area contributed by atoms with Gasteiger partial charge in [0.15, 0.2) is 0 Å². The summed E-state index contributed by atoms with van der Waals surface area (Å²) >= 11 is 0. The van der Waals surface area contributed by atoms with Crippen LogP contribution in [0, 0.1) is 5.92 Å². The minimum absolute atomic E-state index is 0.189. The lowest BCUT2D eigenvalue weighted by Gasteiger charge is -2.36. The summed E-state index contributed by atoms with van der Waals surface area (Å²) in [5.74, 6) is 0.189. The number of para-hydroxylation sites is 1. The summed E-state index contributed by atoms with van der Waals surface area (Å²) in [4.78, 5) is 1.77. The number of anilines is 1. The normalized spacial score (nSPS) is 19.5. The van der Waals surface area contributed by atoms with Crippen LogP contribution in [-0.4, -0.2) is 24.3 Å². The van der Waals surface area contributed by atoms with E-state index < -0.39 is 11.7 Å². The molecular formula is C14H18F3NO. The average molecular weight is 273 g/mol. The molecule has 1 aliphatic heterocycles. The van der Waals surface area contributed by atoms with Crippen LogP contribution in [0.25, 0.3) is 0 Å². The van der Waals surface area contributed by atoms with Gasteiger partial charge in [-0.2, -0.15) is 13.2 Å². The molecular weight excluding hydrogens is 255 g/mol. The van der Waals surface area contributed by atoms with Crippen molar-refractivity contribution in [2.24, 2.45) is 5.92 Å². The number of aliphatic hydroxyl groups excluding tert-OH is 1. The molecule has 0 saturated carbocycles. The Labute approximate surface area is 110 Å². The third-order valence-electron chi connectivity index (χ3n) is 3.77. The van der Waals surface area contributed by atoms with Crippen molar-refractivity contribution in [1.29, 1.82) is 0 Å². The molecule has 0 aliphatic carbocycles. The molecule has 1 heterocycles. The number of aliphatic hydroxyl groups is 1. The highest BCUT2D eigenvalue weighted by Crippen LogP contribution is 2.37. The summed E-state index contributed by atoms with van der Waals surface area (Å²) in [5, 5.41) is 9.52. The Hall–Kier alpha value is -1.23. The lowest BCUT2D eigenvalue weighted by molar-refractivity contribution is -0.137. The van der Waals surface area contributed by atoms with E-state index in [1.807, 2.05) is 0 Å². The van der Waals surface area contributed by atoms with Gasteiger partial charge in [-0.05, 0) is 37.8 Å². The van der Waals surface area contributed by atoms with Crippen LogP contribution in [0.5, 0.6) is 0 Å². The van der Waals surface area contributed by atoms with Gasteiger partial charge in [-0.15, -0.1) is 0 Å². The lowest BCUT2D eigenvalue weighted by Crippen LogP contribution is -2.38. The van der Waals surface area contributed by atoms with E-state index in [2.05, 4.69) is 0 Å². The zero-order valence-corrected chi connectivity index (χ0v) is 10.8. The van der Waals surface area contributed by atoms with Gasteiger partial charge < -0.3 is 10.0 Å². The zero-order chi connectivity index (χ0) is 14.0. The maximum Gasteiger partial charge on any atom is 0.418 e. The number of hydrogen-bond acceptors (Lipinski definition) is 2. The Morgan fingerprint density at radius 1 is 1.21 bits per heavy atom. The molecule has 106 valence electrons. The van der Waals surface area contributed by atoms with Crippen LogP contribution in [0.3, 0.4) is 0 Å². The van der Waals surface area contributed by atoms with Gasteiger partial charge in [-0.1, -0.05) is 12.1 Å². The summed E-state index contributed by atoms with van der Waals surface area (Å²) in [6, 6.07) is 5.68. The second kappa shape index (κ2) is 5.41. The van der Waals surface area contributed by atoms with Crippen LogP contribution in [0.1, 0.15) is 25.3 Å². The van der Waals surface area contributed by atoms with Gasteiger partial charge in [0.25, 0.3) is 0 Å². The van der Waals surface area contributed by atoms with E-state index in [4.69, 9.17) is 0 Å². The first-order valence-electron chi connectivity index (χ1n) is 6.49. The summed E-state index contributed by atoms with van der Waals surface area (Å²) < 4.78 is 38.8. The molecule has 1 saturated heterocycles. The van der Waals surface area contributed by atoms with Gasteiger partial charge in [0.1, 0.15) is 0 Å².